The summed E-state index contributed by atoms with van der Waals surface area (Å²) in [4.78, 5) is 1.99. The Morgan fingerprint density at radius 3 is 2.14 bits per heavy atom. The van der Waals surface area contributed by atoms with Gasteiger partial charge in [-0.05, 0) is 30.2 Å². The number of hydrogen-bond acceptors (Lipinski definition) is 1. The standard InChI is InChI=1S/C10H15F2NSi/c1-13(2)10-5-3-9(4-6-10)7-8-14(11)12/h3-6,14H,7-8H2,1-2H3. The molecule has 0 saturated heterocycles. The molecule has 0 amide bonds. The summed E-state index contributed by atoms with van der Waals surface area (Å²) in [5.41, 5.74) is 2.10. The summed E-state index contributed by atoms with van der Waals surface area (Å²) in [7, 11) is 0.536. The Bertz CT molecular complexity index is 272. The van der Waals surface area contributed by atoms with Gasteiger partial charge < -0.3 is 4.90 Å². The summed E-state index contributed by atoms with van der Waals surface area (Å²) in [5.74, 6) is 0. The highest BCUT2D eigenvalue weighted by Crippen LogP contribution is 2.14. The minimum Gasteiger partial charge on any atom is -0.378 e. The second-order valence-corrected chi connectivity index (χ2v) is 4.85. The van der Waals surface area contributed by atoms with Crippen LogP contribution in [0.15, 0.2) is 24.3 Å². The molecule has 0 aliphatic rings. The maximum atomic E-state index is 12.1. The van der Waals surface area contributed by atoms with Crippen LogP contribution < -0.4 is 4.90 Å². The zero-order valence-electron chi connectivity index (χ0n) is 8.50. The molecule has 4 heteroatoms. The van der Waals surface area contributed by atoms with Gasteiger partial charge in [0.1, 0.15) is 0 Å². The van der Waals surface area contributed by atoms with E-state index in [2.05, 4.69) is 0 Å². The van der Waals surface area contributed by atoms with Gasteiger partial charge in [0.05, 0.1) is 0 Å². The SMILES string of the molecule is CN(C)c1ccc(CC[SiH](F)F)cc1. The summed E-state index contributed by atoms with van der Waals surface area (Å²) in [5, 5.41) is 0. The van der Waals surface area contributed by atoms with Gasteiger partial charge in [0, 0.05) is 19.8 Å². The summed E-state index contributed by atoms with van der Waals surface area (Å²) in [6, 6.07) is 7.85. The van der Waals surface area contributed by atoms with Crippen molar-refractivity contribution in [2.75, 3.05) is 19.0 Å². The van der Waals surface area contributed by atoms with Crippen molar-refractivity contribution < 1.29 is 8.22 Å². The number of benzene rings is 1. The molecule has 0 aliphatic heterocycles. The van der Waals surface area contributed by atoms with E-state index in [1.54, 1.807) is 0 Å². The monoisotopic (exact) mass is 215 g/mol. The molecule has 0 spiro atoms. The van der Waals surface area contributed by atoms with Gasteiger partial charge >= 0.3 is 9.46 Å². The van der Waals surface area contributed by atoms with Crippen LogP contribution in [0.5, 0.6) is 0 Å². The summed E-state index contributed by atoms with van der Waals surface area (Å²) in [6.07, 6.45) is 0.512. The number of rotatable bonds is 4. The third kappa shape index (κ3) is 3.45. The molecular weight excluding hydrogens is 200 g/mol. The van der Waals surface area contributed by atoms with Gasteiger partial charge in [-0.3, -0.25) is 8.22 Å². The first-order valence-electron chi connectivity index (χ1n) is 4.64. The molecule has 0 unspecified atom stereocenters. The molecule has 0 heterocycles. The van der Waals surface area contributed by atoms with Crippen molar-refractivity contribution in [2.45, 2.75) is 12.5 Å². The number of aryl methyl sites for hydroxylation is 1. The molecule has 1 rings (SSSR count). The molecule has 0 radical (unpaired) electrons. The highest BCUT2D eigenvalue weighted by molar-refractivity contribution is 6.42. The van der Waals surface area contributed by atoms with Crippen molar-refractivity contribution in [1.29, 1.82) is 0 Å². The van der Waals surface area contributed by atoms with Crippen LogP contribution in [0.3, 0.4) is 0 Å². The zero-order valence-corrected chi connectivity index (χ0v) is 9.66. The van der Waals surface area contributed by atoms with Crippen LogP contribution in [-0.4, -0.2) is 23.6 Å². The number of hydrogen-bond donors (Lipinski definition) is 0. The molecule has 0 fully saturated rings. The Morgan fingerprint density at radius 2 is 1.71 bits per heavy atom. The molecule has 78 valence electrons. The molecule has 1 aromatic carbocycles. The van der Waals surface area contributed by atoms with E-state index in [-0.39, 0.29) is 6.04 Å². The topological polar surface area (TPSA) is 3.24 Å². The van der Waals surface area contributed by atoms with E-state index in [1.165, 1.54) is 0 Å². The molecule has 0 aromatic heterocycles. The molecule has 1 nitrogen and oxygen atoms in total. The predicted molar refractivity (Wildman–Crippen MR) is 58.6 cm³/mol. The number of halogens is 2. The van der Waals surface area contributed by atoms with Crippen molar-refractivity contribution in [1.82, 2.24) is 0 Å². The zero-order chi connectivity index (χ0) is 10.6. The Morgan fingerprint density at radius 1 is 1.14 bits per heavy atom. The lowest BCUT2D eigenvalue weighted by molar-refractivity contribution is 0.650. The van der Waals surface area contributed by atoms with Crippen LogP contribution in [0.4, 0.5) is 13.9 Å². The lowest BCUT2D eigenvalue weighted by Crippen LogP contribution is -2.08. The number of nitrogens with zero attached hydrogens (tertiary/aromatic N) is 1. The average Bonchev–Trinajstić information content (AvgIpc) is 2.15. The van der Waals surface area contributed by atoms with E-state index in [0.29, 0.717) is 6.42 Å². The lowest BCUT2D eigenvalue weighted by Gasteiger charge is -2.12. The van der Waals surface area contributed by atoms with Gasteiger partial charge in [-0.2, -0.15) is 0 Å². The molecule has 0 atom stereocenters. The first-order valence-corrected chi connectivity index (χ1v) is 6.33. The van der Waals surface area contributed by atoms with E-state index in [1.807, 2.05) is 43.3 Å². The maximum absolute atomic E-state index is 12.1. The quantitative estimate of drug-likeness (QED) is 0.551. The Labute approximate surface area is 85.3 Å². The third-order valence-corrected chi connectivity index (χ3v) is 2.83. The Kier molecular flexibility index (Phi) is 4.07. The van der Waals surface area contributed by atoms with E-state index in [4.69, 9.17) is 0 Å². The number of anilines is 1. The molecule has 0 bridgehead atoms. The first kappa shape index (κ1) is 11.2. The van der Waals surface area contributed by atoms with Crippen LogP contribution in [0.2, 0.25) is 6.04 Å². The fourth-order valence-electron chi connectivity index (χ4n) is 1.24. The second kappa shape index (κ2) is 5.10. The van der Waals surface area contributed by atoms with Gasteiger partial charge in [-0.15, -0.1) is 0 Å². The fraction of sp³-hybridized carbons (Fsp3) is 0.400. The lowest BCUT2D eigenvalue weighted by atomic mass is 10.1. The van der Waals surface area contributed by atoms with E-state index >= 15 is 0 Å². The van der Waals surface area contributed by atoms with Crippen LogP contribution in [-0.2, 0) is 6.42 Å². The summed E-state index contributed by atoms with van der Waals surface area (Å²) >= 11 is 0. The van der Waals surface area contributed by atoms with Gasteiger partial charge in [0.15, 0.2) is 0 Å². The normalized spacial score (nSPS) is 10.6. The van der Waals surface area contributed by atoms with Gasteiger partial charge in [0.2, 0.25) is 0 Å². The summed E-state index contributed by atoms with van der Waals surface area (Å²) < 4.78 is 24.1. The average molecular weight is 215 g/mol. The van der Waals surface area contributed by atoms with Gasteiger partial charge in [-0.25, -0.2) is 0 Å². The second-order valence-electron chi connectivity index (χ2n) is 3.49. The molecule has 0 aliphatic carbocycles. The van der Waals surface area contributed by atoms with Crippen LogP contribution >= 0.6 is 0 Å². The molecule has 1 aromatic rings. The van der Waals surface area contributed by atoms with E-state index < -0.39 is 9.46 Å². The van der Waals surface area contributed by atoms with Gasteiger partial charge in [-0.1, -0.05) is 12.1 Å². The van der Waals surface area contributed by atoms with Crippen LogP contribution in [0.25, 0.3) is 0 Å². The maximum Gasteiger partial charge on any atom is 0.411 e. The Balaban J connectivity index is 2.55. The van der Waals surface area contributed by atoms with Crippen molar-refractivity contribution in [3.05, 3.63) is 29.8 Å². The van der Waals surface area contributed by atoms with E-state index in [0.717, 1.165) is 11.3 Å². The molecule has 0 N–H and O–H groups in total. The minimum atomic E-state index is -3.38. The highest BCUT2D eigenvalue weighted by Gasteiger charge is 2.06. The molecular formula is C10H15F2NSi. The third-order valence-electron chi connectivity index (χ3n) is 2.10. The molecule has 0 saturated carbocycles. The smallest absolute Gasteiger partial charge is 0.378 e. The minimum absolute atomic E-state index is 0.0846. The predicted octanol–water partition coefficient (Wildman–Crippen LogP) is 2.45. The fourth-order valence-corrected chi connectivity index (χ4v) is 1.79. The van der Waals surface area contributed by atoms with Crippen LogP contribution in [0, 0.1) is 0 Å². The van der Waals surface area contributed by atoms with Crippen LogP contribution in [0.1, 0.15) is 5.56 Å². The van der Waals surface area contributed by atoms with Crippen molar-refractivity contribution in [2.24, 2.45) is 0 Å². The van der Waals surface area contributed by atoms with Crippen molar-refractivity contribution in [3.8, 4) is 0 Å². The summed E-state index contributed by atoms with van der Waals surface area (Å²) in [6.45, 7) is 0. The van der Waals surface area contributed by atoms with E-state index in [9.17, 15) is 8.22 Å². The van der Waals surface area contributed by atoms with Gasteiger partial charge in [0.25, 0.3) is 0 Å². The van der Waals surface area contributed by atoms with Crippen molar-refractivity contribution >= 4 is 15.2 Å². The molecule has 14 heavy (non-hydrogen) atoms. The largest absolute Gasteiger partial charge is 0.411 e. The highest BCUT2D eigenvalue weighted by atomic mass is 28.4. The Hall–Kier alpha value is -0.903. The first-order chi connectivity index (χ1) is 6.59. The van der Waals surface area contributed by atoms with Crippen molar-refractivity contribution in [3.63, 3.8) is 0 Å².